The predicted octanol–water partition coefficient (Wildman–Crippen LogP) is 4.52. The smallest absolute Gasteiger partial charge is 0.261 e. The molecule has 3 N–H and O–H groups in total. The molecule has 0 bridgehead atoms. The van der Waals surface area contributed by atoms with Crippen molar-refractivity contribution in [3.05, 3.63) is 77.6 Å². The van der Waals surface area contributed by atoms with Crippen LogP contribution in [0.1, 0.15) is 27.6 Å². The summed E-state index contributed by atoms with van der Waals surface area (Å²) in [6, 6.07) is 14.7. The number of anilines is 5. The van der Waals surface area contributed by atoms with Gasteiger partial charge in [-0.15, -0.1) is 0 Å². The maximum absolute atomic E-state index is 12.5. The molecule has 0 saturated heterocycles. The van der Waals surface area contributed by atoms with Gasteiger partial charge in [0, 0.05) is 23.6 Å². The minimum Gasteiger partial charge on any atom is -0.361 e. The maximum atomic E-state index is 12.5. The van der Waals surface area contributed by atoms with Crippen molar-refractivity contribution in [1.82, 2.24) is 20.1 Å². The number of aromatic nitrogens is 4. The highest BCUT2D eigenvalue weighted by atomic mass is 16.5. The van der Waals surface area contributed by atoms with E-state index in [1.165, 1.54) is 0 Å². The third-order valence-corrected chi connectivity index (χ3v) is 4.43. The molecular formula is C22H21N7O2. The van der Waals surface area contributed by atoms with E-state index in [9.17, 15) is 4.79 Å². The maximum Gasteiger partial charge on any atom is 0.261 e. The Labute approximate surface area is 178 Å². The average molecular weight is 415 g/mol. The van der Waals surface area contributed by atoms with Crippen LogP contribution < -0.4 is 16.0 Å². The molecule has 4 rings (SSSR count). The minimum atomic E-state index is -0.256. The standard InChI is InChI=1S/C22H21N7O2/c1-13-21(14(2)31-29-13)22(30)27-17-9-7-16(8-10-17)26-19-12-20(25-15(3)24-19)28-18-6-4-5-11-23-18/h4-12H,1-3H3,(H,27,30)(H2,23,24,25,26,28). The van der Waals surface area contributed by atoms with E-state index in [4.69, 9.17) is 4.52 Å². The summed E-state index contributed by atoms with van der Waals surface area (Å²) in [4.78, 5) is 25.5. The minimum absolute atomic E-state index is 0.256. The molecule has 0 fully saturated rings. The summed E-state index contributed by atoms with van der Waals surface area (Å²) < 4.78 is 5.05. The molecule has 1 amide bonds. The molecule has 9 nitrogen and oxygen atoms in total. The summed E-state index contributed by atoms with van der Waals surface area (Å²) in [6.07, 6.45) is 1.71. The van der Waals surface area contributed by atoms with E-state index in [0.29, 0.717) is 46.0 Å². The number of rotatable bonds is 6. The van der Waals surface area contributed by atoms with Gasteiger partial charge < -0.3 is 20.5 Å². The monoisotopic (exact) mass is 415 g/mol. The quantitative estimate of drug-likeness (QED) is 0.421. The Bertz CT molecular complexity index is 1190. The summed E-state index contributed by atoms with van der Waals surface area (Å²) in [6.45, 7) is 5.27. The number of pyridine rings is 1. The van der Waals surface area contributed by atoms with E-state index in [2.05, 4.69) is 36.1 Å². The van der Waals surface area contributed by atoms with Crippen LogP contribution in [0.25, 0.3) is 0 Å². The molecular weight excluding hydrogens is 394 g/mol. The lowest BCUT2D eigenvalue weighted by atomic mass is 10.2. The van der Waals surface area contributed by atoms with E-state index < -0.39 is 0 Å². The molecule has 3 heterocycles. The summed E-state index contributed by atoms with van der Waals surface area (Å²) in [7, 11) is 0. The Balaban J connectivity index is 1.45. The average Bonchev–Trinajstić information content (AvgIpc) is 3.08. The number of benzene rings is 1. The predicted molar refractivity (Wildman–Crippen MR) is 118 cm³/mol. The largest absolute Gasteiger partial charge is 0.361 e. The van der Waals surface area contributed by atoms with Gasteiger partial charge in [0.25, 0.3) is 5.91 Å². The molecule has 0 unspecified atom stereocenters. The second kappa shape index (κ2) is 8.62. The lowest BCUT2D eigenvalue weighted by molar-refractivity contribution is 0.102. The fourth-order valence-corrected chi connectivity index (χ4v) is 3.05. The van der Waals surface area contributed by atoms with Crippen molar-refractivity contribution in [1.29, 1.82) is 0 Å². The molecule has 0 aliphatic rings. The summed E-state index contributed by atoms with van der Waals surface area (Å²) in [5.74, 6) is 2.82. The molecule has 31 heavy (non-hydrogen) atoms. The van der Waals surface area contributed by atoms with Crippen LogP contribution in [0.2, 0.25) is 0 Å². The van der Waals surface area contributed by atoms with Gasteiger partial charge in [-0.1, -0.05) is 11.2 Å². The molecule has 0 atom stereocenters. The third-order valence-electron chi connectivity index (χ3n) is 4.43. The molecule has 0 spiro atoms. The van der Waals surface area contributed by atoms with Crippen molar-refractivity contribution in [2.45, 2.75) is 20.8 Å². The van der Waals surface area contributed by atoms with Crippen LogP contribution in [0.3, 0.4) is 0 Å². The number of carbonyl (C=O) groups is 1. The number of hydrogen-bond donors (Lipinski definition) is 3. The Morgan fingerprint density at radius 2 is 1.58 bits per heavy atom. The van der Waals surface area contributed by atoms with Gasteiger partial charge in [-0.3, -0.25) is 4.79 Å². The van der Waals surface area contributed by atoms with Crippen LogP contribution in [-0.2, 0) is 0 Å². The van der Waals surface area contributed by atoms with Gasteiger partial charge in [-0.2, -0.15) is 0 Å². The van der Waals surface area contributed by atoms with E-state index in [-0.39, 0.29) is 5.91 Å². The molecule has 156 valence electrons. The van der Waals surface area contributed by atoms with Crippen LogP contribution >= 0.6 is 0 Å². The highest BCUT2D eigenvalue weighted by Gasteiger charge is 2.17. The number of carbonyl (C=O) groups excluding carboxylic acids is 1. The normalized spacial score (nSPS) is 10.5. The van der Waals surface area contributed by atoms with E-state index >= 15 is 0 Å². The Morgan fingerprint density at radius 3 is 2.23 bits per heavy atom. The van der Waals surface area contributed by atoms with Crippen molar-refractivity contribution >= 4 is 34.7 Å². The Kier molecular flexibility index (Phi) is 5.57. The molecule has 0 aliphatic heterocycles. The molecule has 3 aromatic heterocycles. The number of nitrogens with one attached hydrogen (secondary N) is 3. The first-order chi connectivity index (χ1) is 15.0. The van der Waals surface area contributed by atoms with Crippen LogP contribution in [0.5, 0.6) is 0 Å². The van der Waals surface area contributed by atoms with Crippen LogP contribution in [0.15, 0.2) is 59.3 Å². The number of amides is 1. The summed E-state index contributed by atoms with van der Waals surface area (Å²) in [5.41, 5.74) is 2.48. The fraction of sp³-hybridized carbons (Fsp3) is 0.136. The zero-order valence-corrected chi connectivity index (χ0v) is 17.3. The lowest BCUT2D eigenvalue weighted by Crippen LogP contribution is -2.13. The number of hydrogen-bond acceptors (Lipinski definition) is 8. The van der Waals surface area contributed by atoms with Gasteiger partial charge in [0.1, 0.15) is 34.6 Å². The summed E-state index contributed by atoms with van der Waals surface area (Å²) in [5, 5.41) is 13.1. The third kappa shape index (κ3) is 4.84. The second-order valence-corrected chi connectivity index (χ2v) is 6.88. The first-order valence-electron chi connectivity index (χ1n) is 9.63. The molecule has 1 aromatic carbocycles. The van der Waals surface area contributed by atoms with Crippen LogP contribution in [-0.4, -0.2) is 26.0 Å². The van der Waals surface area contributed by atoms with Gasteiger partial charge in [-0.25, -0.2) is 15.0 Å². The highest BCUT2D eigenvalue weighted by molar-refractivity contribution is 6.05. The van der Waals surface area contributed by atoms with Crippen molar-refractivity contribution in [2.75, 3.05) is 16.0 Å². The van der Waals surface area contributed by atoms with Crippen molar-refractivity contribution < 1.29 is 9.32 Å². The zero-order valence-electron chi connectivity index (χ0n) is 17.3. The number of aryl methyl sites for hydroxylation is 3. The second-order valence-electron chi connectivity index (χ2n) is 6.88. The molecule has 9 heteroatoms. The van der Waals surface area contributed by atoms with Gasteiger partial charge in [0.2, 0.25) is 0 Å². The highest BCUT2D eigenvalue weighted by Crippen LogP contribution is 2.22. The molecule has 0 saturated carbocycles. The Morgan fingerprint density at radius 1 is 0.871 bits per heavy atom. The fourth-order valence-electron chi connectivity index (χ4n) is 3.05. The van der Waals surface area contributed by atoms with E-state index in [1.807, 2.05) is 37.3 Å². The van der Waals surface area contributed by atoms with Crippen LogP contribution in [0.4, 0.5) is 28.8 Å². The van der Waals surface area contributed by atoms with Crippen molar-refractivity contribution in [3.8, 4) is 0 Å². The SMILES string of the molecule is Cc1nc(Nc2ccc(NC(=O)c3c(C)noc3C)cc2)cc(Nc2ccccn2)n1. The Hall–Kier alpha value is -4.27. The van der Waals surface area contributed by atoms with Gasteiger partial charge >= 0.3 is 0 Å². The molecule has 0 radical (unpaired) electrons. The van der Waals surface area contributed by atoms with Crippen molar-refractivity contribution in [2.24, 2.45) is 0 Å². The lowest BCUT2D eigenvalue weighted by Gasteiger charge is -2.11. The first-order valence-corrected chi connectivity index (χ1v) is 9.63. The van der Waals surface area contributed by atoms with Gasteiger partial charge in [-0.05, 0) is 57.2 Å². The van der Waals surface area contributed by atoms with Gasteiger partial charge in [0.15, 0.2) is 0 Å². The zero-order chi connectivity index (χ0) is 21.8. The number of nitrogens with zero attached hydrogens (tertiary/aromatic N) is 4. The van der Waals surface area contributed by atoms with Gasteiger partial charge in [0.05, 0.1) is 5.69 Å². The topological polar surface area (TPSA) is 118 Å². The van der Waals surface area contributed by atoms with Crippen LogP contribution in [0, 0.1) is 20.8 Å². The first kappa shape index (κ1) is 20.0. The molecule has 4 aromatic rings. The van der Waals surface area contributed by atoms with Crippen molar-refractivity contribution in [3.63, 3.8) is 0 Å². The molecule has 0 aliphatic carbocycles. The summed E-state index contributed by atoms with van der Waals surface area (Å²) >= 11 is 0. The van der Waals surface area contributed by atoms with E-state index in [1.54, 1.807) is 38.2 Å². The van der Waals surface area contributed by atoms with E-state index in [0.717, 1.165) is 5.69 Å².